The Morgan fingerprint density at radius 3 is 2.62 bits per heavy atom. The number of hydrogen-bond donors (Lipinski definition) is 0. The van der Waals surface area contributed by atoms with Crippen molar-refractivity contribution in [1.29, 1.82) is 0 Å². The van der Waals surface area contributed by atoms with E-state index in [2.05, 4.69) is 9.64 Å². The highest BCUT2D eigenvalue weighted by atomic mass is 16.5. The molecule has 75 valence electrons. The summed E-state index contributed by atoms with van der Waals surface area (Å²) in [6, 6.07) is 0. The largest absolute Gasteiger partial charge is 0.457 e. The standard InChI is InChI=1S/C10H18NO2/c12-10-13-9-5-4-8-11-6-2-1-3-7-11/h1-9H2. The van der Waals surface area contributed by atoms with Gasteiger partial charge in [0, 0.05) is 0 Å². The van der Waals surface area contributed by atoms with E-state index in [4.69, 9.17) is 0 Å². The summed E-state index contributed by atoms with van der Waals surface area (Å²) in [5, 5.41) is 0. The summed E-state index contributed by atoms with van der Waals surface area (Å²) >= 11 is 0. The zero-order valence-electron chi connectivity index (χ0n) is 8.13. The second-order valence-electron chi connectivity index (χ2n) is 3.54. The summed E-state index contributed by atoms with van der Waals surface area (Å²) in [4.78, 5) is 12.2. The van der Waals surface area contributed by atoms with Crippen LogP contribution in [0.15, 0.2) is 0 Å². The topological polar surface area (TPSA) is 29.5 Å². The van der Waals surface area contributed by atoms with Crippen LogP contribution in [0.25, 0.3) is 0 Å². The van der Waals surface area contributed by atoms with Gasteiger partial charge in [-0.05, 0) is 45.3 Å². The fourth-order valence-electron chi connectivity index (χ4n) is 1.73. The molecule has 0 aromatic heterocycles. The van der Waals surface area contributed by atoms with E-state index in [1.54, 1.807) is 0 Å². The van der Waals surface area contributed by atoms with Gasteiger partial charge in [0.2, 0.25) is 0 Å². The fraction of sp³-hybridized carbons (Fsp3) is 0.900. The Hall–Kier alpha value is -0.570. The third-order valence-corrected chi connectivity index (χ3v) is 2.48. The molecule has 1 saturated heterocycles. The van der Waals surface area contributed by atoms with Crippen LogP contribution >= 0.6 is 0 Å². The van der Waals surface area contributed by atoms with Gasteiger partial charge in [-0.1, -0.05) is 6.42 Å². The Bertz CT molecular complexity index is 133. The van der Waals surface area contributed by atoms with Crippen LogP contribution < -0.4 is 0 Å². The number of piperidine rings is 1. The molecule has 0 bridgehead atoms. The second kappa shape index (κ2) is 6.89. The summed E-state index contributed by atoms with van der Waals surface area (Å²) in [5.41, 5.74) is 0. The van der Waals surface area contributed by atoms with E-state index in [-0.39, 0.29) is 0 Å². The first-order valence-corrected chi connectivity index (χ1v) is 5.15. The third kappa shape index (κ3) is 4.88. The molecule has 1 aliphatic rings. The quantitative estimate of drug-likeness (QED) is 0.583. The molecule has 0 unspecified atom stereocenters. The first-order valence-electron chi connectivity index (χ1n) is 5.15. The van der Waals surface area contributed by atoms with E-state index >= 15 is 0 Å². The summed E-state index contributed by atoms with van der Waals surface area (Å²) in [6.07, 6.45) is 6.17. The average molecular weight is 184 g/mol. The van der Waals surface area contributed by atoms with E-state index in [1.165, 1.54) is 38.8 Å². The lowest BCUT2D eigenvalue weighted by molar-refractivity contribution is 0.212. The lowest BCUT2D eigenvalue weighted by atomic mass is 10.1. The SMILES string of the molecule is O=[C]OCCCCN1CCCCC1. The molecule has 1 rings (SSSR count). The molecule has 3 nitrogen and oxygen atoms in total. The molecule has 0 atom stereocenters. The minimum atomic E-state index is 0.525. The van der Waals surface area contributed by atoms with E-state index in [9.17, 15) is 4.79 Å². The molecular formula is C10H18NO2. The molecule has 13 heavy (non-hydrogen) atoms. The normalized spacial score (nSPS) is 18.5. The van der Waals surface area contributed by atoms with Crippen molar-refractivity contribution in [2.75, 3.05) is 26.2 Å². The zero-order chi connectivity index (χ0) is 9.36. The highest BCUT2D eigenvalue weighted by molar-refractivity contribution is 5.37. The van der Waals surface area contributed by atoms with Gasteiger partial charge in [-0.2, -0.15) is 0 Å². The van der Waals surface area contributed by atoms with Crippen LogP contribution in [0.3, 0.4) is 0 Å². The van der Waals surface area contributed by atoms with Gasteiger partial charge in [-0.25, -0.2) is 4.79 Å². The molecule has 0 amide bonds. The maximum Gasteiger partial charge on any atom is 0.417 e. The molecule has 0 aromatic carbocycles. The van der Waals surface area contributed by atoms with Crippen LogP contribution in [0.2, 0.25) is 0 Å². The Balaban J connectivity index is 1.89. The van der Waals surface area contributed by atoms with Gasteiger partial charge < -0.3 is 9.64 Å². The molecular weight excluding hydrogens is 166 g/mol. The van der Waals surface area contributed by atoms with Gasteiger partial charge >= 0.3 is 6.47 Å². The number of carbonyl (C=O) groups excluding carboxylic acids is 1. The van der Waals surface area contributed by atoms with Crippen LogP contribution in [-0.2, 0) is 9.53 Å². The smallest absolute Gasteiger partial charge is 0.417 e. The number of hydrogen-bond acceptors (Lipinski definition) is 3. The molecule has 0 spiro atoms. The van der Waals surface area contributed by atoms with Crippen molar-refractivity contribution in [3.8, 4) is 0 Å². The third-order valence-electron chi connectivity index (χ3n) is 2.48. The first kappa shape index (κ1) is 10.5. The van der Waals surface area contributed by atoms with Crippen molar-refractivity contribution in [2.45, 2.75) is 32.1 Å². The van der Waals surface area contributed by atoms with Crippen LogP contribution in [0.5, 0.6) is 0 Å². The van der Waals surface area contributed by atoms with Gasteiger partial charge in [-0.3, -0.25) is 0 Å². The predicted octanol–water partition coefficient (Wildman–Crippen LogP) is 1.34. The number of likely N-dealkylation sites (tertiary alicyclic amines) is 1. The summed E-state index contributed by atoms with van der Waals surface area (Å²) < 4.78 is 4.50. The number of rotatable bonds is 6. The minimum Gasteiger partial charge on any atom is -0.457 e. The Kier molecular flexibility index (Phi) is 5.57. The number of nitrogens with zero attached hydrogens (tertiary/aromatic N) is 1. The maximum absolute atomic E-state index is 9.71. The van der Waals surface area contributed by atoms with Crippen molar-refractivity contribution in [1.82, 2.24) is 4.90 Å². The second-order valence-corrected chi connectivity index (χ2v) is 3.54. The molecule has 1 radical (unpaired) electrons. The highest BCUT2D eigenvalue weighted by Gasteiger charge is 2.08. The predicted molar refractivity (Wildman–Crippen MR) is 51.2 cm³/mol. The Morgan fingerprint density at radius 1 is 1.15 bits per heavy atom. The first-order chi connectivity index (χ1) is 6.43. The van der Waals surface area contributed by atoms with Gasteiger partial charge in [0.05, 0.1) is 6.61 Å². The fourth-order valence-corrected chi connectivity index (χ4v) is 1.73. The van der Waals surface area contributed by atoms with Crippen LogP contribution in [0.4, 0.5) is 0 Å². The summed E-state index contributed by atoms with van der Waals surface area (Å²) in [5.74, 6) is 0. The van der Waals surface area contributed by atoms with Crippen molar-refractivity contribution >= 4 is 6.47 Å². The molecule has 0 saturated carbocycles. The van der Waals surface area contributed by atoms with Crippen molar-refractivity contribution in [2.24, 2.45) is 0 Å². The van der Waals surface area contributed by atoms with E-state index in [0.717, 1.165) is 19.4 Å². The molecule has 0 aromatic rings. The van der Waals surface area contributed by atoms with Gasteiger partial charge in [-0.15, -0.1) is 0 Å². The number of unbranched alkanes of at least 4 members (excludes halogenated alkanes) is 1. The Morgan fingerprint density at radius 2 is 1.92 bits per heavy atom. The van der Waals surface area contributed by atoms with Crippen LogP contribution in [0, 0.1) is 0 Å². The van der Waals surface area contributed by atoms with Gasteiger partial charge in [0.15, 0.2) is 0 Å². The van der Waals surface area contributed by atoms with Crippen LogP contribution in [0.1, 0.15) is 32.1 Å². The molecule has 0 aliphatic carbocycles. The van der Waals surface area contributed by atoms with Crippen LogP contribution in [-0.4, -0.2) is 37.6 Å². The molecule has 3 heteroatoms. The summed E-state index contributed by atoms with van der Waals surface area (Å²) in [7, 11) is 0. The van der Waals surface area contributed by atoms with Gasteiger partial charge in [0.25, 0.3) is 0 Å². The Labute approximate surface area is 80.1 Å². The summed E-state index contributed by atoms with van der Waals surface area (Å²) in [6.45, 7) is 5.62. The maximum atomic E-state index is 9.71. The lowest BCUT2D eigenvalue weighted by Crippen LogP contribution is -2.30. The van der Waals surface area contributed by atoms with E-state index in [0.29, 0.717) is 6.61 Å². The van der Waals surface area contributed by atoms with Crippen molar-refractivity contribution < 1.29 is 9.53 Å². The van der Waals surface area contributed by atoms with Gasteiger partial charge in [0.1, 0.15) is 0 Å². The minimum absolute atomic E-state index is 0.525. The van der Waals surface area contributed by atoms with Crippen molar-refractivity contribution in [3.63, 3.8) is 0 Å². The van der Waals surface area contributed by atoms with E-state index < -0.39 is 0 Å². The molecule has 1 fully saturated rings. The monoisotopic (exact) mass is 184 g/mol. The lowest BCUT2D eigenvalue weighted by Gasteiger charge is -2.26. The molecule has 0 N–H and O–H groups in total. The molecule has 1 heterocycles. The average Bonchev–Trinajstić information content (AvgIpc) is 2.19. The number of ether oxygens (including phenoxy) is 1. The van der Waals surface area contributed by atoms with Crippen molar-refractivity contribution in [3.05, 3.63) is 0 Å². The highest BCUT2D eigenvalue weighted by Crippen LogP contribution is 2.09. The van der Waals surface area contributed by atoms with E-state index in [1.807, 2.05) is 0 Å². The molecule has 1 aliphatic heterocycles. The zero-order valence-corrected chi connectivity index (χ0v) is 8.13.